The van der Waals surface area contributed by atoms with Crippen LogP contribution in [-0.2, 0) is 68.1 Å². The second kappa shape index (κ2) is 25.8. The van der Waals surface area contributed by atoms with Crippen molar-refractivity contribution >= 4 is 28.3 Å². The number of phenolic OH excluding ortho intramolecular Hbond substituents is 2. The Hall–Kier alpha value is -3.81. The van der Waals surface area contributed by atoms with Crippen LogP contribution in [0.25, 0.3) is 10.8 Å². The number of carbonyl (C=O) groups excluding carboxylic acids is 3. The molecule has 25 atom stereocenters. The highest BCUT2D eigenvalue weighted by atomic mass is 16.7. The summed E-state index contributed by atoms with van der Waals surface area (Å²) in [6, 6.07) is 3.03. The minimum atomic E-state index is -1.96. The monoisotopic (exact) mass is 1150 g/mol. The predicted molar refractivity (Wildman–Crippen MR) is 277 cm³/mol. The summed E-state index contributed by atoms with van der Waals surface area (Å²) < 4.78 is 72.6. The Bertz CT molecular complexity index is 2530. The number of benzene rings is 2. The molecule has 0 saturated carbocycles. The summed E-state index contributed by atoms with van der Waals surface area (Å²) in [5, 5.41) is 111. The highest BCUT2D eigenvalue weighted by Crippen LogP contribution is 2.48. The first-order valence-corrected chi connectivity index (χ1v) is 28.0. The van der Waals surface area contributed by atoms with Crippen molar-refractivity contribution in [3.8, 4) is 17.2 Å². The van der Waals surface area contributed by atoms with Crippen LogP contribution in [-0.4, -0.2) is 223 Å². The van der Waals surface area contributed by atoms with Gasteiger partial charge in [-0.1, -0.05) is 6.92 Å². The Labute approximate surface area is 469 Å². The number of hydrogen-bond donors (Lipinski definition) is 10. The molecule has 5 fully saturated rings. The predicted octanol–water partition coefficient (Wildman–Crippen LogP) is 1.10. The van der Waals surface area contributed by atoms with Gasteiger partial charge in [0.05, 0.1) is 71.5 Å². The molecule has 1 aliphatic carbocycles. The van der Waals surface area contributed by atoms with Crippen LogP contribution in [0.3, 0.4) is 0 Å². The van der Waals surface area contributed by atoms with Crippen molar-refractivity contribution in [1.82, 2.24) is 0 Å². The molecule has 81 heavy (non-hydrogen) atoms. The molecule has 5 heterocycles. The molecule has 0 spiro atoms. The fourth-order valence-electron chi connectivity index (χ4n) is 11.9. The number of aliphatic hydroxyl groups excluding tert-OH is 7. The molecule has 25 nitrogen and oxygen atoms in total. The molecule has 8 rings (SSSR count). The van der Waals surface area contributed by atoms with Crippen LogP contribution >= 0.6 is 0 Å². The highest BCUT2D eigenvalue weighted by molar-refractivity contribution is 6.11. The minimum Gasteiger partial charge on any atom is -0.507 e. The third-order valence-electron chi connectivity index (χ3n) is 16.6. The first kappa shape index (κ1) is 63.2. The molecule has 456 valence electrons. The lowest BCUT2D eigenvalue weighted by molar-refractivity contribution is -0.334. The zero-order valence-electron chi connectivity index (χ0n) is 47.3. The number of rotatable bonds is 18. The second-order valence-electron chi connectivity index (χ2n) is 22.9. The van der Waals surface area contributed by atoms with Crippen molar-refractivity contribution < 1.29 is 122 Å². The van der Waals surface area contributed by atoms with E-state index in [2.05, 4.69) is 0 Å². The van der Waals surface area contributed by atoms with Crippen molar-refractivity contribution in [1.29, 1.82) is 0 Å². The summed E-state index contributed by atoms with van der Waals surface area (Å²) in [6.07, 6.45) is -26.4. The normalized spacial score (nSPS) is 40.5. The van der Waals surface area contributed by atoms with Gasteiger partial charge in [0, 0.05) is 57.1 Å². The Morgan fingerprint density at radius 3 is 1.70 bits per heavy atom. The van der Waals surface area contributed by atoms with Crippen LogP contribution in [0.5, 0.6) is 17.2 Å². The fourth-order valence-corrected chi connectivity index (χ4v) is 11.9. The number of fused-ring (bicyclic) bond motifs is 2. The third-order valence-corrected chi connectivity index (χ3v) is 16.6. The Morgan fingerprint density at radius 1 is 0.704 bits per heavy atom. The fraction of sp³-hybridized carbons (Fsp3) is 0.768. The lowest BCUT2D eigenvalue weighted by Gasteiger charge is -2.46. The van der Waals surface area contributed by atoms with Gasteiger partial charge in [-0.25, -0.2) is 0 Å². The molecule has 0 bridgehead atoms. The zero-order valence-corrected chi connectivity index (χ0v) is 47.3. The van der Waals surface area contributed by atoms with E-state index in [0.29, 0.717) is 6.42 Å². The van der Waals surface area contributed by atoms with Gasteiger partial charge in [-0.2, -0.15) is 0 Å². The summed E-state index contributed by atoms with van der Waals surface area (Å²) in [6.45, 7) is 13.9. The van der Waals surface area contributed by atoms with Crippen molar-refractivity contribution in [2.45, 2.75) is 261 Å². The van der Waals surface area contributed by atoms with E-state index in [0.717, 1.165) is 0 Å². The molecule has 0 radical (unpaired) electrons. The zero-order chi connectivity index (χ0) is 59.3. The van der Waals surface area contributed by atoms with Crippen LogP contribution in [0.1, 0.15) is 122 Å². The number of phenols is 2. The van der Waals surface area contributed by atoms with E-state index in [1.165, 1.54) is 46.9 Å². The van der Waals surface area contributed by atoms with E-state index < -0.39 is 182 Å². The molecule has 10 N–H and O–H groups in total. The number of esters is 1. The van der Waals surface area contributed by atoms with E-state index in [9.17, 15) is 60.7 Å². The largest absolute Gasteiger partial charge is 0.507 e. The highest BCUT2D eigenvalue weighted by Gasteiger charge is 2.52. The van der Waals surface area contributed by atoms with Crippen LogP contribution in [0.15, 0.2) is 12.1 Å². The van der Waals surface area contributed by atoms with Crippen LogP contribution < -0.4 is 4.74 Å². The molecule has 2 aromatic carbocycles. The van der Waals surface area contributed by atoms with Crippen LogP contribution in [0.4, 0.5) is 0 Å². The average Bonchev–Trinajstić information content (AvgIpc) is 2.79. The topological polar surface area (TPSA) is 364 Å². The number of methoxy groups -OCH3 is 1. The maximum atomic E-state index is 15.1. The molecule has 0 amide bonds. The molecule has 5 aliphatic heterocycles. The average molecular weight is 1160 g/mol. The van der Waals surface area contributed by atoms with Crippen molar-refractivity contribution in [3.63, 3.8) is 0 Å². The van der Waals surface area contributed by atoms with E-state index >= 15 is 4.79 Å². The lowest BCUT2D eigenvalue weighted by Crippen LogP contribution is -2.58. The third kappa shape index (κ3) is 13.5. The molecule has 5 unspecified atom stereocenters. The molecule has 0 aromatic heterocycles. The van der Waals surface area contributed by atoms with E-state index in [1.807, 2.05) is 6.92 Å². The Balaban J connectivity index is 1.03. The van der Waals surface area contributed by atoms with Gasteiger partial charge >= 0.3 is 5.97 Å². The van der Waals surface area contributed by atoms with Crippen LogP contribution in [0.2, 0.25) is 0 Å². The Kier molecular flexibility index (Phi) is 20.1. The van der Waals surface area contributed by atoms with Gasteiger partial charge in [0.2, 0.25) is 6.29 Å². The number of hydrogen-bond acceptors (Lipinski definition) is 25. The summed E-state index contributed by atoms with van der Waals surface area (Å²) >= 11 is 0. The van der Waals surface area contributed by atoms with Crippen molar-refractivity contribution in [2.75, 3.05) is 7.11 Å². The maximum Gasteiger partial charge on any atom is 0.306 e. The first-order chi connectivity index (χ1) is 38.1. The number of ether oxygens (including phenoxy) is 12. The van der Waals surface area contributed by atoms with Gasteiger partial charge < -0.3 is 108 Å². The van der Waals surface area contributed by atoms with Gasteiger partial charge in [0.15, 0.2) is 36.7 Å². The number of aromatic hydroxyl groups is 2. The van der Waals surface area contributed by atoms with E-state index in [-0.39, 0.29) is 78.2 Å². The summed E-state index contributed by atoms with van der Waals surface area (Å²) in [7, 11) is 1.18. The smallest absolute Gasteiger partial charge is 0.306 e. The first-order valence-electron chi connectivity index (χ1n) is 28.0. The van der Waals surface area contributed by atoms with Gasteiger partial charge in [-0.3, -0.25) is 14.4 Å². The van der Waals surface area contributed by atoms with E-state index in [4.69, 9.17) is 56.8 Å². The summed E-state index contributed by atoms with van der Waals surface area (Å²) in [5.41, 5.74) is -1.50. The van der Waals surface area contributed by atoms with Gasteiger partial charge in [-0.15, -0.1) is 0 Å². The molecular weight excluding hydrogens is 1070 g/mol. The SMILES string of the molecule is CCCC(=O)O[C@@H]1C[C@H](O[C@@H]2C[C@H](Oc3cc4cc5c(c(O)c4c(O)c3C)C(=O)[C@@H](O[C@H]3C[C@@H](O[C@H]4C[C@@H](O[C@H]6C[C@](C)(O)[C@H](O)C(C)O6)[C@@H](O)C(C)O4)[C@H](O)C(C)O3)[C@H]([C@H](OC)C(=O)[C@@H](O)[C@@H](C)O)C5)OC(C)[C@H]2O)OC(C)[C@H]1O. The standard InChI is InChI=1S/C56H82O25/c1-11-12-36(58)76-32-16-38(72-23(4)46(32)61)78-33-17-37(71-24(5)47(33)62)77-31-15-29-13-28-14-30(53(70-10)52(67)45(60)22(3)57)54(51(66)43(28)50(65)42(29)44(59)21(31)2)81-40-19-34(48(63)26(7)74-40)79-39-18-35(49(64)25(6)73-39)80-41-20-56(9,69)55(68)27(8)75-41/h13,15,22-27,30,32-35,37-41,45-49,53-55,57,59-65,68-69H,11-12,14,16-20H2,1-10H3/t22-,23?,24?,25?,26?,27?,30+,32-,33-,34-,35-,37+,38+,39+,40+,41+,45+,46-,47-,48-,49+,53+,54+,55-,56+/m1/s1. The van der Waals surface area contributed by atoms with Crippen molar-refractivity contribution in [2.24, 2.45) is 5.92 Å². The van der Waals surface area contributed by atoms with Gasteiger partial charge in [0.25, 0.3) is 0 Å². The van der Waals surface area contributed by atoms with E-state index in [1.54, 1.807) is 27.7 Å². The van der Waals surface area contributed by atoms with Gasteiger partial charge in [0.1, 0.15) is 72.2 Å². The molecule has 2 aromatic rings. The molecule has 5 saturated heterocycles. The van der Waals surface area contributed by atoms with Gasteiger partial charge in [-0.05, 0) is 91.3 Å². The lowest BCUT2D eigenvalue weighted by atomic mass is 9.75. The summed E-state index contributed by atoms with van der Waals surface area (Å²) in [4.78, 5) is 41.4. The number of carbonyl (C=O) groups is 3. The minimum absolute atomic E-state index is 0.0146. The molecule has 6 aliphatic rings. The number of aliphatic hydroxyl groups is 8. The number of ketones is 2. The molecular formula is C56H82O25. The quantitative estimate of drug-likeness (QED) is 0.0934. The van der Waals surface area contributed by atoms with Crippen LogP contribution in [0, 0.1) is 12.8 Å². The Morgan fingerprint density at radius 2 is 1.19 bits per heavy atom. The number of Topliss-reactive ketones (excluding diaryl/α,β-unsaturated/α-hetero) is 2. The van der Waals surface area contributed by atoms with Crippen molar-refractivity contribution in [3.05, 3.63) is 28.8 Å². The second-order valence-corrected chi connectivity index (χ2v) is 22.9. The summed E-state index contributed by atoms with van der Waals surface area (Å²) in [5.74, 6) is -4.60. The molecule has 25 heteroatoms. The maximum absolute atomic E-state index is 15.1.